The van der Waals surface area contributed by atoms with Gasteiger partial charge >= 0.3 is 0 Å². The molecule has 1 aliphatic carbocycles. The van der Waals surface area contributed by atoms with E-state index < -0.39 is 0 Å². The van der Waals surface area contributed by atoms with Crippen LogP contribution in [0.3, 0.4) is 0 Å². The van der Waals surface area contributed by atoms with Crippen molar-refractivity contribution in [3.8, 4) is 0 Å². The minimum Gasteiger partial charge on any atom is -0.372 e. The summed E-state index contributed by atoms with van der Waals surface area (Å²) in [6.45, 7) is 0. The average Bonchev–Trinajstić information content (AvgIpc) is 3.00. The van der Waals surface area contributed by atoms with Crippen molar-refractivity contribution in [1.29, 1.82) is 0 Å². The summed E-state index contributed by atoms with van der Waals surface area (Å²) in [5.41, 5.74) is 0. The third kappa shape index (κ3) is 1.71. The van der Waals surface area contributed by atoms with Gasteiger partial charge in [-0.1, -0.05) is 0 Å². The highest BCUT2D eigenvalue weighted by molar-refractivity contribution is 5.44. The molecule has 4 nitrogen and oxygen atoms in total. The molecular weight excluding hydrogens is 164 g/mol. The lowest BCUT2D eigenvalue weighted by atomic mass is 10.5. The number of nitrogens with one attached hydrogen (secondary N) is 1. The normalized spacial score (nSPS) is 15.5. The van der Waals surface area contributed by atoms with Gasteiger partial charge in [-0.15, -0.1) is 0 Å². The number of hydrogen-bond acceptors (Lipinski definition) is 4. The molecule has 0 bridgehead atoms. The highest BCUT2D eigenvalue weighted by atomic mass is 15.2. The molecule has 0 spiro atoms. The van der Waals surface area contributed by atoms with Crippen molar-refractivity contribution in [3.63, 3.8) is 0 Å². The van der Waals surface area contributed by atoms with E-state index in [1.165, 1.54) is 12.8 Å². The van der Waals surface area contributed by atoms with E-state index in [-0.39, 0.29) is 0 Å². The van der Waals surface area contributed by atoms with Gasteiger partial charge < -0.3 is 10.2 Å². The molecule has 0 radical (unpaired) electrons. The first kappa shape index (κ1) is 8.29. The monoisotopic (exact) mass is 178 g/mol. The van der Waals surface area contributed by atoms with Crippen LogP contribution in [-0.2, 0) is 0 Å². The second kappa shape index (κ2) is 3.20. The van der Waals surface area contributed by atoms with Crippen LogP contribution in [0.1, 0.15) is 12.8 Å². The van der Waals surface area contributed by atoms with Crippen molar-refractivity contribution in [3.05, 3.63) is 12.4 Å². The fourth-order valence-corrected chi connectivity index (χ4v) is 1.29. The van der Waals surface area contributed by atoms with E-state index in [2.05, 4.69) is 27.2 Å². The van der Waals surface area contributed by atoms with Gasteiger partial charge in [0.1, 0.15) is 11.6 Å². The second-order valence-electron chi connectivity index (χ2n) is 3.35. The standard InChI is InChI=1S/C9H14N4/c1-10-8-5-11-6-9(12-8)13(2)7-3-4-7/h5-7H,3-4H2,1-2H3,(H,10,12). The van der Waals surface area contributed by atoms with E-state index in [9.17, 15) is 0 Å². The summed E-state index contributed by atoms with van der Waals surface area (Å²) in [7, 11) is 3.92. The van der Waals surface area contributed by atoms with E-state index in [0.717, 1.165) is 11.6 Å². The molecule has 1 aromatic rings. The van der Waals surface area contributed by atoms with E-state index in [1.54, 1.807) is 12.4 Å². The Morgan fingerprint density at radius 1 is 1.46 bits per heavy atom. The maximum Gasteiger partial charge on any atom is 0.149 e. The van der Waals surface area contributed by atoms with Gasteiger partial charge in [0.05, 0.1) is 12.4 Å². The number of hydrogen-bond donors (Lipinski definition) is 1. The number of anilines is 2. The average molecular weight is 178 g/mol. The van der Waals surface area contributed by atoms with E-state index >= 15 is 0 Å². The summed E-state index contributed by atoms with van der Waals surface area (Å²) in [4.78, 5) is 10.7. The first-order valence-corrected chi connectivity index (χ1v) is 4.54. The Hall–Kier alpha value is -1.32. The fourth-order valence-electron chi connectivity index (χ4n) is 1.29. The van der Waals surface area contributed by atoms with Crippen molar-refractivity contribution in [2.45, 2.75) is 18.9 Å². The highest BCUT2D eigenvalue weighted by Crippen LogP contribution is 2.28. The molecule has 13 heavy (non-hydrogen) atoms. The molecule has 1 aliphatic rings. The third-order valence-corrected chi connectivity index (χ3v) is 2.33. The zero-order valence-electron chi connectivity index (χ0n) is 7.99. The Balaban J connectivity index is 2.18. The summed E-state index contributed by atoms with van der Waals surface area (Å²) >= 11 is 0. The van der Waals surface area contributed by atoms with Crippen molar-refractivity contribution >= 4 is 11.6 Å². The summed E-state index contributed by atoms with van der Waals surface area (Å²) in [6.07, 6.45) is 6.09. The minimum absolute atomic E-state index is 0.682. The molecule has 0 amide bonds. The molecule has 70 valence electrons. The quantitative estimate of drug-likeness (QED) is 0.753. The van der Waals surface area contributed by atoms with Crippen LogP contribution in [0, 0.1) is 0 Å². The van der Waals surface area contributed by atoms with Crippen LogP contribution >= 0.6 is 0 Å². The first-order chi connectivity index (χ1) is 6.31. The van der Waals surface area contributed by atoms with E-state index in [1.807, 2.05) is 7.05 Å². The molecular formula is C9H14N4. The molecule has 1 N–H and O–H groups in total. The second-order valence-corrected chi connectivity index (χ2v) is 3.35. The third-order valence-electron chi connectivity index (χ3n) is 2.33. The molecule has 1 fully saturated rings. The van der Waals surface area contributed by atoms with Crippen LogP contribution in [0.2, 0.25) is 0 Å². The number of nitrogens with zero attached hydrogens (tertiary/aromatic N) is 3. The van der Waals surface area contributed by atoms with Gasteiger partial charge in [-0.25, -0.2) is 4.98 Å². The van der Waals surface area contributed by atoms with Crippen molar-refractivity contribution in [2.24, 2.45) is 0 Å². The van der Waals surface area contributed by atoms with Crippen molar-refractivity contribution < 1.29 is 0 Å². The fraction of sp³-hybridized carbons (Fsp3) is 0.556. The first-order valence-electron chi connectivity index (χ1n) is 4.54. The lowest BCUT2D eigenvalue weighted by Crippen LogP contribution is -2.21. The van der Waals surface area contributed by atoms with Crippen LogP contribution in [0.25, 0.3) is 0 Å². The van der Waals surface area contributed by atoms with Crippen LogP contribution in [0.4, 0.5) is 11.6 Å². The van der Waals surface area contributed by atoms with Crippen molar-refractivity contribution in [2.75, 3.05) is 24.3 Å². The van der Waals surface area contributed by atoms with Gasteiger partial charge in [0.15, 0.2) is 0 Å². The zero-order valence-corrected chi connectivity index (χ0v) is 7.99. The summed E-state index contributed by atoms with van der Waals surface area (Å²) in [5, 5.41) is 2.98. The molecule has 2 rings (SSSR count). The Morgan fingerprint density at radius 2 is 2.23 bits per heavy atom. The van der Waals surface area contributed by atoms with Gasteiger partial charge in [0, 0.05) is 20.1 Å². The van der Waals surface area contributed by atoms with Gasteiger partial charge in [0.25, 0.3) is 0 Å². The Labute approximate surface area is 78.0 Å². The van der Waals surface area contributed by atoms with Crippen molar-refractivity contribution in [1.82, 2.24) is 9.97 Å². The predicted molar refractivity (Wildman–Crippen MR) is 53.0 cm³/mol. The molecule has 1 saturated carbocycles. The summed E-state index contributed by atoms with van der Waals surface area (Å²) in [5.74, 6) is 1.78. The predicted octanol–water partition coefficient (Wildman–Crippen LogP) is 1.12. The summed E-state index contributed by atoms with van der Waals surface area (Å²) < 4.78 is 0. The van der Waals surface area contributed by atoms with Crippen LogP contribution in [0.15, 0.2) is 12.4 Å². The largest absolute Gasteiger partial charge is 0.372 e. The van der Waals surface area contributed by atoms with E-state index in [4.69, 9.17) is 0 Å². The van der Waals surface area contributed by atoms with Gasteiger partial charge in [0.2, 0.25) is 0 Å². The zero-order chi connectivity index (χ0) is 9.26. The lowest BCUT2D eigenvalue weighted by Gasteiger charge is -2.16. The molecule has 0 aliphatic heterocycles. The van der Waals surface area contributed by atoms with E-state index in [0.29, 0.717) is 6.04 Å². The molecule has 0 saturated heterocycles. The summed E-state index contributed by atoms with van der Waals surface area (Å²) in [6, 6.07) is 0.682. The number of rotatable bonds is 3. The molecule has 0 aromatic carbocycles. The smallest absolute Gasteiger partial charge is 0.149 e. The Bertz CT molecular complexity index is 295. The Morgan fingerprint density at radius 3 is 2.85 bits per heavy atom. The van der Waals surface area contributed by atoms with Crippen LogP contribution in [-0.4, -0.2) is 30.1 Å². The molecule has 0 atom stereocenters. The molecule has 1 aromatic heterocycles. The van der Waals surface area contributed by atoms with Gasteiger partial charge in [-0.2, -0.15) is 0 Å². The lowest BCUT2D eigenvalue weighted by molar-refractivity contribution is 0.885. The molecule has 0 unspecified atom stereocenters. The van der Waals surface area contributed by atoms with Gasteiger partial charge in [-0.3, -0.25) is 4.98 Å². The van der Waals surface area contributed by atoms with Gasteiger partial charge in [-0.05, 0) is 12.8 Å². The minimum atomic E-state index is 0.682. The molecule has 1 heterocycles. The maximum atomic E-state index is 4.40. The topological polar surface area (TPSA) is 41.1 Å². The highest BCUT2D eigenvalue weighted by Gasteiger charge is 2.27. The maximum absolute atomic E-state index is 4.40. The number of aromatic nitrogens is 2. The Kier molecular flexibility index (Phi) is 2.04. The molecule has 4 heteroatoms. The van der Waals surface area contributed by atoms with Crippen LogP contribution < -0.4 is 10.2 Å². The van der Waals surface area contributed by atoms with Crippen LogP contribution in [0.5, 0.6) is 0 Å². The SMILES string of the molecule is CNc1cncc(N(C)C2CC2)n1.